The topological polar surface area (TPSA) is 92.8 Å². The number of para-hydroxylation sites is 1. The first-order chi connectivity index (χ1) is 17.2. The molecule has 1 saturated heterocycles. The number of carbonyl (C=O) groups is 2. The molecule has 0 radical (unpaired) electrons. The zero-order valence-electron chi connectivity index (χ0n) is 18.8. The Balaban J connectivity index is 1.36. The van der Waals surface area contributed by atoms with Gasteiger partial charge in [0.05, 0.1) is 16.8 Å². The average Bonchev–Trinajstić information content (AvgIpc) is 3.33. The molecular formula is C27H22N4O4. The number of benzene rings is 3. The molecule has 2 aliphatic rings. The SMILES string of the molecule is O=C(Nc1cccc(N2CCNC2=O)c1)c1cc(-c2ccc3c(c2)OCCO3)nc2ccccc12. The Bertz CT molecular complexity index is 1470. The van der Waals surface area contributed by atoms with Crippen molar-refractivity contribution >= 4 is 34.2 Å². The van der Waals surface area contributed by atoms with E-state index in [1.54, 1.807) is 23.1 Å². The van der Waals surface area contributed by atoms with Crippen molar-refractivity contribution in [2.24, 2.45) is 0 Å². The summed E-state index contributed by atoms with van der Waals surface area (Å²) in [5, 5.41) is 6.53. The summed E-state index contributed by atoms with van der Waals surface area (Å²) in [6.45, 7) is 2.20. The molecule has 174 valence electrons. The van der Waals surface area contributed by atoms with E-state index < -0.39 is 0 Å². The van der Waals surface area contributed by atoms with Crippen LogP contribution in [0, 0.1) is 0 Å². The summed E-state index contributed by atoms with van der Waals surface area (Å²) in [7, 11) is 0. The lowest BCUT2D eigenvalue weighted by Gasteiger charge is -2.19. The van der Waals surface area contributed by atoms with Gasteiger partial charge in [0, 0.05) is 35.4 Å². The minimum Gasteiger partial charge on any atom is -0.486 e. The van der Waals surface area contributed by atoms with Gasteiger partial charge in [0.2, 0.25) is 0 Å². The van der Waals surface area contributed by atoms with E-state index in [1.807, 2.05) is 54.6 Å². The normalized spacial score (nSPS) is 14.6. The van der Waals surface area contributed by atoms with Gasteiger partial charge in [0.25, 0.3) is 5.91 Å². The van der Waals surface area contributed by atoms with Gasteiger partial charge < -0.3 is 20.1 Å². The number of nitrogens with zero attached hydrogens (tertiary/aromatic N) is 2. The average molecular weight is 466 g/mol. The third-order valence-corrected chi connectivity index (χ3v) is 6.07. The summed E-state index contributed by atoms with van der Waals surface area (Å²) >= 11 is 0. The lowest BCUT2D eigenvalue weighted by molar-refractivity contribution is 0.102. The molecule has 0 unspecified atom stereocenters. The molecule has 0 atom stereocenters. The van der Waals surface area contributed by atoms with Crippen molar-refractivity contribution in [3.8, 4) is 22.8 Å². The molecule has 0 bridgehead atoms. The number of nitrogens with one attached hydrogen (secondary N) is 2. The van der Waals surface area contributed by atoms with Crippen molar-refractivity contribution in [3.63, 3.8) is 0 Å². The zero-order chi connectivity index (χ0) is 23.8. The van der Waals surface area contributed by atoms with Crippen molar-refractivity contribution in [2.75, 3.05) is 36.5 Å². The number of fused-ring (bicyclic) bond motifs is 2. The van der Waals surface area contributed by atoms with E-state index in [9.17, 15) is 9.59 Å². The highest BCUT2D eigenvalue weighted by atomic mass is 16.6. The molecule has 0 spiro atoms. The molecule has 1 fully saturated rings. The first-order valence-corrected chi connectivity index (χ1v) is 11.4. The Kier molecular flexibility index (Phi) is 5.18. The van der Waals surface area contributed by atoms with E-state index in [4.69, 9.17) is 14.5 Å². The Morgan fingerprint density at radius 2 is 1.80 bits per heavy atom. The molecule has 3 aromatic carbocycles. The predicted octanol–water partition coefficient (Wildman–Crippen LogP) is 4.45. The van der Waals surface area contributed by atoms with Crippen molar-refractivity contribution in [1.29, 1.82) is 0 Å². The van der Waals surface area contributed by atoms with Crippen LogP contribution in [0.5, 0.6) is 11.5 Å². The van der Waals surface area contributed by atoms with Crippen LogP contribution < -0.4 is 25.0 Å². The van der Waals surface area contributed by atoms with Gasteiger partial charge in [0.15, 0.2) is 11.5 Å². The molecule has 6 rings (SSSR count). The smallest absolute Gasteiger partial charge is 0.321 e. The standard InChI is InChI=1S/C27H22N4O4/c32-26(29-18-4-3-5-19(15-18)31-11-10-28-27(31)33)21-16-23(30-22-7-2-1-6-20(21)22)17-8-9-24-25(14-17)35-13-12-34-24/h1-9,14-16H,10-13H2,(H,28,33)(H,29,32). The van der Waals surface area contributed by atoms with Crippen LogP contribution in [0.2, 0.25) is 0 Å². The number of aromatic nitrogens is 1. The van der Waals surface area contributed by atoms with E-state index in [0.29, 0.717) is 60.3 Å². The van der Waals surface area contributed by atoms with Gasteiger partial charge in [0.1, 0.15) is 13.2 Å². The summed E-state index contributed by atoms with van der Waals surface area (Å²) in [6, 6.07) is 22.1. The second-order valence-electron chi connectivity index (χ2n) is 8.32. The van der Waals surface area contributed by atoms with E-state index in [1.165, 1.54) is 0 Å². The minimum absolute atomic E-state index is 0.141. The molecule has 2 N–H and O–H groups in total. The second-order valence-corrected chi connectivity index (χ2v) is 8.32. The molecule has 8 heteroatoms. The van der Waals surface area contributed by atoms with E-state index in [2.05, 4.69) is 10.6 Å². The van der Waals surface area contributed by atoms with Crippen molar-refractivity contribution in [2.45, 2.75) is 0 Å². The summed E-state index contributed by atoms with van der Waals surface area (Å²) < 4.78 is 11.4. The Labute approximate surface area is 201 Å². The van der Waals surface area contributed by atoms with Gasteiger partial charge in [-0.1, -0.05) is 24.3 Å². The first-order valence-electron chi connectivity index (χ1n) is 11.4. The van der Waals surface area contributed by atoms with Gasteiger partial charge >= 0.3 is 6.03 Å². The third kappa shape index (κ3) is 3.99. The Hall–Kier alpha value is -4.59. The van der Waals surface area contributed by atoms with Gasteiger partial charge in [-0.2, -0.15) is 0 Å². The highest BCUT2D eigenvalue weighted by Crippen LogP contribution is 2.35. The summed E-state index contributed by atoms with van der Waals surface area (Å²) in [4.78, 5) is 31.9. The van der Waals surface area contributed by atoms with Gasteiger partial charge in [-0.15, -0.1) is 0 Å². The Morgan fingerprint density at radius 3 is 2.66 bits per heavy atom. The van der Waals surface area contributed by atoms with E-state index >= 15 is 0 Å². The molecule has 8 nitrogen and oxygen atoms in total. The van der Waals surface area contributed by atoms with Crippen LogP contribution in [-0.4, -0.2) is 43.2 Å². The summed E-state index contributed by atoms with van der Waals surface area (Å²) in [5.74, 6) is 1.10. The van der Waals surface area contributed by atoms with Crippen LogP contribution in [0.3, 0.4) is 0 Å². The van der Waals surface area contributed by atoms with Crippen LogP contribution in [0.15, 0.2) is 72.8 Å². The molecule has 4 aromatic rings. The third-order valence-electron chi connectivity index (χ3n) is 6.07. The fourth-order valence-corrected chi connectivity index (χ4v) is 4.38. The molecule has 1 aromatic heterocycles. The summed E-state index contributed by atoms with van der Waals surface area (Å²) in [5.41, 5.74) is 4.05. The van der Waals surface area contributed by atoms with Crippen LogP contribution >= 0.6 is 0 Å². The van der Waals surface area contributed by atoms with Crippen LogP contribution in [-0.2, 0) is 0 Å². The number of anilines is 2. The number of hydrogen-bond acceptors (Lipinski definition) is 5. The number of urea groups is 1. The van der Waals surface area contributed by atoms with Crippen molar-refractivity contribution in [3.05, 3.63) is 78.4 Å². The van der Waals surface area contributed by atoms with Crippen LogP contribution in [0.1, 0.15) is 10.4 Å². The quantitative estimate of drug-likeness (QED) is 0.463. The molecule has 0 aliphatic carbocycles. The molecular weight excluding hydrogens is 444 g/mol. The monoisotopic (exact) mass is 466 g/mol. The zero-order valence-corrected chi connectivity index (χ0v) is 18.8. The van der Waals surface area contributed by atoms with Crippen LogP contribution in [0.4, 0.5) is 16.2 Å². The van der Waals surface area contributed by atoms with Crippen molar-refractivity contribution < 1.29 is 19.1 Å². The highest BCUT2D eigenvalue weighted by Gasteiger charge is 2.22. The van der Waals surface area contributed by atoms with Gasteiger partial charge in [-0.25, -0.2) is 9.78 Å². The number of amides is 3. The lowest BCUT2D eigenvalue weighted by Crippen LogP contribution is -2.27. The predicted molar refractivity (Wildman–Crippen MR) is 133 cm³/mol. The maximum atomic E-state index is 13.5. The number of ether oxygens (including phenoxy) is 2. The molecule has 35 heavy (non-hydrogen) atoms. The van der Waals surface area contributed by atoms with Crippen LogP contribution in [0.25, 0.3) is 22.2 Å². The fraction of sp³-hybridized carbons (Fsp3) is 0.148. The van der Waals surface area contributed by atoms with Crippen molar-refractivity contribution in [1.82, 2.24) is 10.3 Å². The van der Waals surface area contributed by atoms with Gasteiger partial charge in [-0.05, 0) is 48.5 Å². The molecule has 3 heterocycles. The lowest BCUT2D eigenvalue weighted by atomic mass is 10.0. The largest absolute Gasteiger partial charge is 0.486 e. The highest BCUT2D eigenvalue weighted by molar-refractivity contribution is 6.13. The fourth-order valence-electron chi connectivity index (χ4n) is 4.38. The number of hydrogen-bond donors (Lipinski definition) is 2. The maximum Gasteiger partial charge on any atom is 0.321 e. The molecule has 2 aliphatic heterocycles. The first kappa shape index (κ1) is 21.0. The van der Waals surface area contributed by atoms with E-state index in [-0.39, 0.29) is 11.9 Å². The minimum atomic E-state index is -0.259. The summed E-state index contributed by atoms with van der Waals surface area (Å²) in [6.07, 6.45) is 0. The Morgan fingerprint density at radius 1 is 0.943 bits per heavy atom. The number of carbonyl (C=O) groups excluding carboxylic acids is 2. The van der Waals surface area contributed by atoms with Gasteiger partial charge in [-0.3, -0.25) is 9.69 Å². The number of rotatable bonds is 4. The maximum absolute atomic E-state index is 13.5. The second kappa shape index (κ2) is 8.64. The number of pyridine rings is 1. The van der Waals surface area contributed by atoms with E-state index in [0.717, 1.165) is 16.6 Å². The molecule has 3 amide bonds. The molecule has 0 saturated carbocycles.